The molecule has 0 bridgehead atoms. The van der Waals surface area contributed by atoms with E-state index in [9.17, 15) is 0 Å². The number of nitrogens with two attached hydrogens (primary N) is 1. The maximum absolute atomic E-state index is 6.93. The smallest absolute Gasteiger partial charge is 0.417 e. The second-order valence-electron chi connectivity index (χ2n) is 12.9. The monoisotopic (exact) mass is 791 g/mol. The van der Waals surface area contributed by atoms with Crippen LogP contribution >= 0.6 is 25.8 Å². The molecule has 0 aliphatic carbocycles. The van der Waals surface area contributed by atoms with Crippen LogP contribution in [-0.4, -0.2) is 18.9 Å². The molecule has 10 nitrogen and oxygen atoms in total. The summed E-state index contributed by atoms with van der Waals surface area (Å²) in [7, 11) is -6.14. The van der Waals surface area contributed by atoms with Crippen LogP contribution in [0.1, 0.15) is 33.4 Å². The van der Waals surface area contributed by atoms with Crippen molar-refractivity contribution in [1.82, 2.24) is 0 Å². The molecule has 2 N–H and O–H groups in total. The molecule has 3 heterocycles. The van der Waals surface area contributed by atoms with Gasteiger partial charge in [-0.25, -0.2) is 0 Å². The Hall–Kier alpha value is -4.75. The SMILES string of the molecule is NC(OP1Oc2ccccc2Cc2ccccc2O1)C(COP1Oc2ccccc2Cc2ccccc2O1)OP1Oc2ccccc2Cc2ccccc2O1. The van der Waals surface area contributed by atoms with E-state index in [-0.39, 0.29) is 6.61 Å². The van der Waals surface area contributed by atoms with E-state index in [4.69, 9.17) is 46.4 Å². The van der Waals surface area contributed by atoms with E-state index in [1.807, 2.05) is 146 Å². The van der Waals surface area contributed by atoms with Crippen LogP contribution < -0.4 is 32.9 Å². The molecule has 6 aromatic carbocycles. The number of rotatable bonds is 8. The molecule has 0 amide bonds. The van der Waals surface area contributed by atoms with Gasteiger partial charge in [0.1, 0.15) is 46.8 Å². The molecule has 55 heavy (non-hydrogen) atoms. The molecule has 0 aromatic heterocycles. The molecular weight excluding hydrogens is 755 g/mol. The lowest BCUT2D eigenvalue weighted by atomic mass is 10.0. The number of fused-ring (bicyclic) bond motifs is 6. The average Bonchev–Trinajstić information content (AvgIpc) is 3.18. The third kappa shape index (κ3) is 8.42. The first-order chi connectivity index (χ1) is 27.1. The van der Waals surface area contributed by atoms with Gasteiger partial charge in [0.2, 0.25) is 0 Å². The van der Waals surface area contributed by atoms with E-state index in [1.54, 1.807) is 0 Å². The van der Waals surface area contributed by atoms with Gasteiger partial charge in [0.25, 0.3) is 0 Å². The fourth-order valence-corrected chi connectivity index (χ4v) is 9.75. The van der Waals surface area contributed by atoms with Crippen molar-refractivity contribution in [3.8, 4) is 34.5 Å². The van der Waals surface area contributed by atoms with Crippen molar-refractivity contribution in [2.24, 2.45) is 5.73 Å². The van der Waals surface area contributed by atoms with E-state index in [0.717, 1.165) is 33.4 Å². The number of hydrogen-bond donors (Lipinski definition) is 1. The highest BCUT2D eigenvalue weighted by molar-refractivity contribution is 7.43. The predicted octanol–water partition coefficient (Wildman–Crippen LogP) is 10.6. The Balaban J connectivity index is 1.02. The summed E-state index contributed by atoms with van der Waals surface area (Å²) in [5, 5.41) is 0. The molecule has 0 saturated carbocycles. The summed E-state index contributed by atoms with van der Waals surface area (Å²) in [6.45, 7) is -0.123. The zero-order valence-electron chi connectivity index (χ0n) is 29.4. The summed E-state index contributed by atoms with van der Waals surface area (Å²) in [5.41, 5.74) is 13.0. The molecule has 3 aliphatic rings. The van der Waals surface area contributed by atoms with E-state index in [1.165, 1.54) is 0 Å². The third-order valence-electron chi connectivity index (χ3n) is 9.16. The quantitative estimate of drug-likeness (QED) is 0.118. The molecule has 2 atom stereocenters. The van der Waals surface area contributed by atoms with E-state index in [2.05, 4.69) is 0 Å². The van der Waals surface area contributed by atoms with Crippen molar-refractivity contribution in [2.75, 3.05) is 6.61 Å². The molecular formula is C42H36NO9P3. The Morgan fingerprint density at radius 2 is 0.673 bits per heavy atom. The Bertz CT molecular complexity index is 2140. The van der Waals surface area contributed by atoms with Crippen LogP contribution in [0.3, 0.4) is 0 Å². The summed E-state index contributed by atoms with van der Waals surface area (Å²) in [5.74, 6) is 3.91. The third-order valence-corrected chi connectivity index (χ3v) is 12.4. The van der Waals surface area contributed by atoms with E-state index < -0.39 is 38.1 Å². The minimum Gasteiger partial charge on any atom is -0.417 e. The summed E-state index contributed by atoms with van der Waals surface area (Å²) >= 11 is 0. The van der Waals surface area contributed by atoms with Gasteiger partial charge in [-0.05, 0) is 69.8 Å². The highest BCUT2D eigenvalue weighted by Gasteiger charge is 2.37. The minimum atomic E-state index is -2.09. The minimum absolute atomic E-state index is 0.123. The predicted molar refractivity (Wildman–Crippen MR) is 211 cm³/mol. The highest BCUT2D eigenvalue weighted by Crippen LogP contribution is 2.52. The highest BCUT2D eigenvalue weighted by atomic mass is 31.2. The van der Waals surface area contributed by atoms with Crippen molar-refractivity contribution in [2.45, 2.75) is 31.6 Å². The maximum Gasteiger partial charge on any atom is 0.464 e. The molecule has 0 spiro atoms. The van der Waals surface area contributed by atoms with Gasteiger partial charge in [0.05, 0.1) is 6.61 Å². The topological polar surface area (TPSA) is 109 Å². The molecule has 278 valence electrons. The second kappa shape index (κ2) is 16.5. The molecule has 6 aromatic rings. The summed E-state index contributed by atoms with van der Waals surface area (Å²) in [6, 6.07) is 47.0. The van der Waals surface area contributed by atoms with Gasteiger partial charge in [-0.3, -0.25) is 13.6 Å². The maximum atomic E-state index is 6.93. The van der Waals surface area contributed by atoms with Crippen LogP contribution in [0.4, 0.5) is 0 Å². The lowest BCUT2D eigenvalue weighted by Crippen LogP contribution is -2.41. The fourth-order valence-electron chi connectivity index (χ4n) is 6.32. The molecule has 13 heteroatoms. The Kier molecular flexibility index (Phi) is 10.8. The summed E-state index contributed by atoms with van der Waals surface area (Å²) in [6.07, 6.45) is -0.216. The molecule has 0 saturated heterocycles. The van der Waals surface area contributed by atoms with Crippen molar-refractivity contribution in [3.05, 3.63) is 179 Å². The first kappa shape index (κ1) is 35.9. The molecule has 0 radical (unpaired) electrons. The Morgan fingerprint density at radius 1 is 0.400 bits per heavy atom. The van der Waals surface area contributed by atoms with Crippen LogP contribution in [0, 0.1) is 0 Å². The lowest BCUT2D eigenvalue weighted by Gasteiger charge is -2.31. The zero-order valence-corrected chi connectivity index (χ0v) is 32.1. The molecule has 3 aliphatic heterocycles. The van der Waals surface area contributed by atoms with Gasteiger partial charge in [0.15, 0.2) is 0 Å². The normalized spacial score (nSPS) is 16.3. The van der Waals surface area contributed by atoms with Crippen molar-refractivity contribution >= 4 is 25.8 Å². The lowest BCUT2D eigenvalue weighted by molar-refractivity contribution is 0.0149. The average molecular weight is 792 g/mol. The van der Waals surface area contributed by atoms with Crippen molar-refractivity contribution in [1.29, 1.82) is 0 Å². The van der Waals surface area contributed by atoms with Gasteiger partial charge < -0.3 is 32.9 Å². The van der Waals surface area contributed by atoms with Crippen LogP contribution in [0.5, 0.6) is 34.5 Å². The number of para-hydroxylation sites is 6. The van der Waals surface area contributed by atoms with Gasteiger partial charge >= 0.3 is 25.8 Å². The Labute approximate surface area is 323 Å². The van der Waals surface area contributed by atoms with Crippen molar-refractivity contribution < 1.29 is 40.7 Å². The summed E-state index contributed by atoms with van der Waals surface area (Å²) < 4.78 is 58.0. The molecule has 9 rings (SSSR count). The summed E-state index contributed by atoms with van der Waals surface area (Å²) in [4.78, 5) is 0. The number of hydrogen-bond acceptors (Lipinski definition) is 10. The van der Waals surface area contributed by atoms with Gasteiger partial charge in [-0.15, -0.1) is 0 Å². The van der Waals surface area contributed by atoms with Crippen LogP contribution in [0.2, 0.25) is 0 Å². The van der Waals surface area contributed by atoms with Gasteiger partial charge in [-0.1, -0.05) is 109 Å². The van der Waals surface area contributed by atoms with Crippen LogP contribution in [-0.2, 0) is 32.8 Å². The van der Waals surface area contributed by atoms with E-state index >= 15 is 0 Å². The first-order valence-electron chi connectivity index (χ1n) is 17.8. The van der Waals surface area contributed by atoms with Crippen molar-refractivity contribution in [3.63, 3.8) is 0 Å². The van der Waals surface area contributed by atoms with Crippen LogP contribution in [0.25, 0.3) is 0 Å². The van der Waals surface area contributed by atoms with Gasteiger partial charge in [0, 0.05) is 19.3 Å². The number of benzene rings is 6. The zero-order chi connectivity index (χ0) is 37.0. The fraction of sp³-hybridized carbons (Fsp3) is 0.143. The largest absolute Gasteiger partial charge is 0.464 e. The van der Waals surface area contributed by atoms with Crippen LogP contribution in [0.15, 0.2) is 146 Å². The van der Waals surface area contributed by atoms with Gasteiger partial charge in [-0.2, -0.15) is 0 Å². The standard InChI is InChI=1S/C42H36NO9P3/c43-42(52-55-49-39-23-11-5-17-33(39)27-34-18-6-12-24-40(34)50-55)41(51-54-47-37-21-9-3-15-31(37)26-32-16-4-10-22-38(32)48-54)28-44-53-45-35-19-7-1-13-29(35)25-30-14-2-8-20-36(30)46-53/h1-24,41-42H,25-28,43H2. The van der Waals surface area contributed by atoms with E-state index in [0.29, 0.717) is 53.8 Å². The molecule has 2 unspecified atom stereocenters. The Morgan fingerprint density at radius 3 is 1.00 bits per heavy atom. The second-order valence-corrected chi connectivity index (χ2v) is 16.0. The first-order valence-corrected chi connectivity index (χ1v) is 21.1. The molecule has 0 fully saturated rings.